The van der Waals surface area contributed by atoms with E-state index in [-0.39, 0.29) is 11.4 Å². The van der Waals surface area contributed by atoms with Crippen LogP contribution in [0.1, 0.15) is 39.5 Å². The zero-order valence-corrected chi connectivity index (χ0v) is 14.5. The topological polar surface area (TPSA) is 48.8 Å². The quantitative estimate of drug-likeness (QED) is 0.839. The van der Waals surface area contributed by atoms with Crippen LogP contribution in [0.4, 0.5) is 5.82 Å². The third-order valence-electron chi connectivity index (χ3n) is 5.88. The Kier molecular flexibility index (Phi) is 3.66. The smallest absolute Gasteiger partial charge is 0.222 e. The molecule has 126 valence electrons. The third kappa shape index (κ3) is 2.26. The van der Waals surface area contributed by atoms with Crippen LogP contribution in [0.5, 0.6) is 0 Å². The summed E-state index contributed by atoms with van der Waals surface area (Å²) in [6.07, 6.45) is 9.87. The molecule has 0 atom stereocenters. The largest absolute Gasteiger partial charge is 0.367 e. The molecule has 0 aromatic carbocycles. The summed E-state index contributed by atoms with van der Waals surface area (Å²) >= 11 is 0. The van der Waals surface area contributed by atoms with Gasteiger partial charge in [-0.2, -0.15) is 0 Å². The summed E-state index contributed by atoms with van der Waals surface area (Å²) < 4.78 is 0. The molecule has 0 aliphatic carbocycles. The molecule has 0 radical (unpaired) electrons. The van der Waals surface area contributed by atoms with Crippen molar-refractivity contribution in [2.75, 3.05) is 19.6 Å². The first-order valence-electron chi connectivity index (χ1n) is 8.95. The van der Waals surface area contributed by atoms with Gasteiger partial charge in [0.25, 0.3) is 0 Å². The average Bonchev–Trinajstić information content (AvgIpc) is 3.06. The van der Waals surface area contributed by atoms with E-state index in [1.807, 2.05) is 24.2 Å². The van der Waals surface area contributed by atoms with Crippen molar-refractivity contribution in [1.82, 2.24) is 14.8 Å². The molecule has 4 heterocycles. The van der Waals surface area contributed by atoms with Crippen LogP contribution in [-0.4, -0.2) is 52.1 Å². The number of hydrogen-bond donors (Lipinski definition) is 0. The lowest BCUT2D eigenvalue weighted by Gasteiger charge is -2.49. The van der Waals surface area contributed by atoms with E-state index in [2.05, 4.69) is 34.1 Å². The molecule has 1 saturated heterocycles. The number of aliphatic imine (C=N–C) groups is 1. The molecule has 4 rings (SSSR count). The van der Waals surface area contributed by atoms with Crippen molar-refractivity contribution in [3.63, 3.8) is 0 Å². The van der Waals surface area contributed by atoms with Crippen LogP contribution in [0, 0.1) is 0 Å². The molecule has 24 heavy (non-hydrogen) atoms. The van der Waals surface area contributed by atoms with Crippen molar-refractivity contribution in [2.45, 2.75) is 45.1 Å². The number of amides is 1. The van der Waals surface area contributed by atoms with Crippen molar-refractivity contribution in [1.29, 1.82) is 0 Å². The summed E-state index contributed by atoms with van der Waals surface area (Å²) in [7, 11) is 0. The maximum absolute atomic E-state index is 12.0. The Morgan fingerprint density at radius 1 is 1.29 bits per heavy atom. The monoisotopic (exact) mass is 324 g/mol. The van der Waals surface area contributed by atoms with Gasteiger partial charge in [-0.05, 0) is 25.3 Å². The second kappa shape index (κ2) is 5.72. The molecule has 1 fully saturated rings. The minimum Gasteiger partial charge on any atom is -0.367 e. The summed E-state index contributed by atoms with van der Waals surface area (Å²) in [5.41, 5.74) is 1.41. The third-order valence-corrected chi connectivity index (χ3v) is 5.88. The normalized spacial score (nSPS) is 20.8. The molecule has 5 nitrogen and oxygen atoms in total. The van der Waals surface area contributed by atoms with Crippen LogP contribution in [0.2, 0.25) is 0 Å². The molecule has 0 saturated carbocycles. The van der Waals surface area contributed by atoms with Crippen molar-refractivity contribution in [3.8, 4) is 0 Å². The first-order chi connectivity index (χ1) is 11.7. The Morgan fingerprint density at radius 2 is 2.08 bits per heavy atom. The van der Waals surface area contributed by atoms with Crippen LogP contribution in [0.3, 0.4) is 0 Å². The number of carbonyl (C=O) groups is 1. The van der Waals surface area contributed by atoms with Gasteiger partial charge in [-0.3, -0.25) is 4.79 Å². The van der Waals surface area contributed by atoms with Gasteiger partial charge in [-0.1, -0.05) is 13.8 Å². The first kappa shape index (κ1) is 15.4. The lowest BCUT2D eigenvalue weighted by atomic mass is 9.82. The van der Waals surface area contributed by atoms with Crippen LogP contribution >= 0.6 is 0 Å². The second-order valence-electron chi connectivity index (χ2n) is 6.95. The lowest BCUT2D eigenvalue weighted by molar-refractivity contribution is -0.133. The first-order valence-corrected chi connectivity index (χ1v) is 8.95. The highest BCUT2D eigenvalue weighted by molar-refractivity contribution is 6.07. The predicted octanol–water partition coefficient (Wildman–Crippen LogP) is 1.18. The standard InChI is InChI=1S/C19H24N4O/c1-3-16(24)22-9-6-19(4-2,7-10-22)23-12-14-5-8-20-18-17(14)15(13-23)11-21-18/h5,8,11-12H,3-4,6-7,9-10,13H2,1-2H3. The summed E-state index contributed by atoms with van der Waals surface area (Å²) in [4.78, 5) is 25.3. The van der Waals surface area contributed by atoms with Crippen LogP contribution in [0.25, 0.3) is 11.8 Å². The molecule has 0 unspecified atom stereocenters. The van der Waals surface area contributed by atoms with Crippen molar-refractivity contribution < 1.29 is 4.79 Å². The summed E-state index contributed by atoms with van der Waals surface area (Å²) in [5, 5.41) is 2.43. The molecule has 1 aromatic rings. The SMILES string of the molecule is CCC(=O)N1CCC(CC)(N2C=c3ccnc4c3=C(C=N4)C2)CC1. The van der Waals surface area contributed by atoms with Gasteiger partial charge in [0, 0.05) is 66.2 Å². The fourth-order valence-electron chi connectivity index (χ4n) is 4.26. The zero-order valence-electron chi connectivity index (χ0n) is 14.5. The van der Waals surface area contributed by atoms with E-state index in [9.17, 15) is 4.79 Å². The molecule has 3 aliphatic rings. The van der Waals surface area contributed by atoms with Crippen molar-refractivity contribution >= 4 is 29.7 Å². The Morgan fingerprint density at radius 3 is 2.79 bits per heavy atom. The highest BCUT2D eigenvalue weighted by atomic mass is 16.2. The van der Waals surface area contributed by atoms with E-state index in [0.29, 0.717) is 6.42 Å². The number of piperidine rings is 1. The molecule has 3 aliphatic heterocycles. The summed E-state index contributed by atoms with van der Waals surface area (Å²) in [6.45, 7) is 6.84. The summed E-state index contributed by atoms with van der Waals surface area (Å²) in [6, 6.07) is 2.08. The van der Waals surface area contributed by atoms with Crippen molar-refractivity contribution in [2.24, 2.45) is 4.99 Å². The van der Waals surface area contributed by atoms with Gasteiger partial charge < -0.3 is 9.80 Å². The number of hydrogen-bond acceptors (Lipinski definition) is 4. The molecular weight excluding hydrogens is 300 g/mol. The van der Waals surface area contributed by atoms with E-state index in [1.54, 1.807) is 0 Å². The fourth-order valence-corrected chi connectivity index (χ4v) is 4.26. The van der Waals surface area contributed by atoms with E-state index >= 15 is 0 Å². The molecule has 0 bridgehead atoms. The van der Waals surface area contributed by atoms with E-state index in [1.165, 1.54) is 16.0 Å². The minimum atomic E-state index is 0.134. The maximum Gasteiger partial charge on any atom is 0.222 e. The molecule has 5 heteroatoms. The Hall–Kier alpha value is -2.17. The van der Waals surface area contributed by atoms with E-state index < -0.39 is 0 Å². The van der Waals surface area contributed by atoms with Gasteiger partial charge in [0.15, 0.2) is 5.82 Å². The number of rotatable bonds is 3. The highest BCUT2D eigenvalue weighted by Gasteiger charge is 2.39. The lowest BCUT2D eigenvalue weighted by Crippen LogP contribution is -2.56. The van der Waals surface area contributed by atoms with Gasteiger partial charge in [-0.15, -0.1) is 0 Å². The molecule has 1 aromatic heterocycles. The Bertz CT molecular complexity index is 818. The predicted molar refractivity (Wildman–Crippen MR) is 95.3 cm³/mol. The number of carbonyl (C=O) groups excluding carboxylic acids is 1. The molecular formula is C19H24N4O. The average molecular weight is 324 g/mol. The van der Waals surface area contributed by atoms with Crippen LogP contribution in [0.15, 0.2) is 17.3 Å². The summed E-state index contributed by atoms with van der Waals surface area (Å²) in [5.74, 6) is 1.13. The number of aromatic nitrogens is 1. The molecule has 0 spiro atoms. The number of nitrogens with zero attached hydrogens (tertiary/aromatic N) is 4. The Balaban J connectivity index is 1.64. The molecule has 0 N–H and O–H groups in total. The van der Waals surface area contributed by atoms with Gasteiger partial charge in [0.05, 0.1) is 0 Å². The number of pyridine rings is 1. The van der Waals surface area contributed by atoms with Gasteiger partial charge in [0.2, 0.25) is 5.91 Å². The second-order valence-corrected chi connectivity index (χ2v) is 6.95. The van der Waals surface area contributed by atoms with Crippen LogP contribution in [-0.2, 0) is 4.79 Å². The highest BCUT2D eigenvalue weighted by Crippen LogP contribution is 2.34. The minimum absolute atomic E-state index is 0.134. The van der Waals surface area contributed by atoms with Crippen LogP contribution < -0.4 is 10.4 Å². The Labute approximate surface area is 142 Å². The van der Waals surface area contributed by atoms with Gasteiger partial charge in [0.1, 0.15) is 0 Å². The van der Waals surface area contributed by atoms with Gasteiger partial charge >= 0.3 is 0 Å². The van der Waals surface area contributed by atoms with E-state index in [4.69, 9.17) is 0 Å². The van der Waals surface area contributed by atoms with Gasteiger partial charge in [-0.25, -0.2) is 9.98 Å². The zero-order chi connectivity index (χ0) is 16.7. The van der Waals surface area contributed by atoms with Crippen molar-refractivity contribution in [3.05, 3.63) is 22.7 Å². The number of likely N-dealkylation sites (tertiary alicyclic amines) is 1. The maximum atomic E-state index is 12.0. The van der Waals surface area contributed by atoms with E-state index in [0.717, 1.165) is 44.7 Å². The molecule has 1 amide bonds. The fraction of sp³-hybridized carbons (Fsp3) is 0.526.